The Bertz CT molecular complexity index is 937. The molecule has 1 atom stereocenters. The van der Waals surface area contributed by atoms with Crippen molar-refractivity contribution in [3.05, 3.63) is 58.1 Å². The predicted octanol–water partition coefficient (Wildman–Crippen LogP) is 4.42. The lowest BCUT2D eigenvalue weighted by atomic mass is 10.0. The number of nitrogens with one attached hydrogen (secondary N) is 1. The summed E-state index contributed by atoms with van der Waals surface area (Å²) in [5.74, 6) is 0.977. The third-order valence-corrected chi connectivity index (χ3v) is 6.32. The number of likely N-dealkylation sites (tertiary alicyclic amines) is 1. The molecule has 2 aromatic heterocycles. The van der Waals surface area contributed by atoms with E-state index in [4.69, 9.17) is 4.42 Å². The maximum Gasteiger partial charge on any atom is 0.248 e. The maximum absolute atomic E-state index is 12.2. The number of benzene rings is 1. The molecule has 1 saturated heterocycles. The van der Waals surface area contributed by atoms with Gasteiger partial charge in [0.1, 0.15) is 0 Å². The number of carbonyl (C=O) groups is 1. The van der Waals surface area contributed by atoms with E-state index in [1.807, 2.05) is 16.8 Å². The number of amides is 1. The Hall–Kier alpha value is -2.51. The van der Waals surface area contributed by atoms with Gasteiger partial charge in [0.05, 0.1) is 0 Å². The predicted molar refractivity (Wildman–Crippen MR) is 118 cm³/mol. The fraction of sp³-hybridized carbons (Fsp3) is 0.435. The summed E-state index contributed by atoms with van der Waals surface area (Å²) in [4.78, 5) is 14.7. The highest BCUT2D eigenvalue weighted by Crippen LogP contribution is 2.21. The van der Waals surface area contributed by atoms with E-state index in [1.54, 1.807) is 11.3 Å². The average Bonchev–Trinajstić information content (AvgIpc) is 3.45. The van der Waals surface area contributed by atoms with Gasteiger partial charge in [0, 0.05) is 42.9 Å². The Kier molecular flexibility index (Phi) is 6.92. The quantitative estimate of drug-likeness (QED) is 0.579. The third-order valence-electron chi connectivity index (χ3n) is 5.64. The monoisotopic (exact) mass is 424 g/mol. The third kappa shape index (κ3) is 5.55. The molecule has 6 nitrogen and oxygen atoms in total. The SMILES string of the molecule is CC1CCCCN1Cc1ccc(CNC(=O)CCc2nnc(-c3ccsc3)o2)cc1. The summed E-state index contributed by atoms with van der Waals surface area (Å²) >= 11 is 1.58. The van der Waals surface area contributed by atoms with Crippen LogP contribution in [0.2, 0.25) is 0 Å². The minimum Gasteiger partial charge on any atom is -0.421 e. The molecule has 3 aromatic rings. The second kappa shape index (κ2) is 10.00. The standard InChI is InChI=1S/C23H28N4O2S/c1-17-4-2-3-12-27(17)15-19-7-5-18(6-8-19)14-24-21(28)9-10-22-25-26-23(29-22)20-11-13-30-16-20/h5-8,11,13,16-17H,2-4,9-10,12,14-15H2,1H3,(H,24,28). The molecule has 1 unspecified atom stereocenters. The second-order valence-electron chi connectivity index (χ2n) is 7.92. The summed E-state index contributed by atoms with van der Waals surface area (Å²) in [5, 5.41) is 15.0. The van der Waals surface area contributed by atoms with Crippen LogP contribution in [0.3, 0.4) is 0 Å². The Morgan fingerprint density at radius 1 is 1.20 bits per heavy atom. The smallest absolute Gasteiger partial charge is 0.248 e. The summed E-state index contributed by atoms with van der Waals surface area (Å²) in [5.41, 5.74) is 3.36. The molecule has 0 saturated carbocycles. The first-order valence-corrected chi connectivity index (χ1v) is 11.5. The highest BCUT2D eigenvalue weighted by atomic mass is 32.1. The van der Waals surface area contributed by atoms with Crippen LogP contribution in [0.5, 0.6) is 0 Å². The molecule has 0 spiro atoms. The zero-order valence-corrected chi connectivity index (χ0v) is 18.2. The molecule has 1 amide bonds. The fourth-order valence-corrected chi connectivity index (χ4v) is 4.39. The Morgan fingerprint density at radius 2 is 2.03 bits per heavy atom. The number of hydrogen-bond acceptors (Lipinski definition) is 6. The first-order chi connectivity index (χ1) is 14.7. The maximum atomic E-state index is 12.2. The van der Waals surface area contributed by atoms with Gasteiger partial charge in [-0.1, -0.05) is 30.7 Å². The van der Waals surface area contributed by atoms with Crippen molar-refractivity contribution in [2.75, 3.05) is 6.54 Å². The molecular weight excluding hydrogens is 396 g/mol. The van der Waals surface area contributed by atoms with Crippen LogP contribution in [0.15, 0.2) is 45.5 Å². The van der Waals surface area contributed by atoms with Crippen LogP contribution in [0.25, 0.3) is 11.5 Å². The normalized spacial score (nSPS) is 17.2. The van der Waals surface area contributed by atoms with Crippen molar-refractivity contribution in [1.82, 2.24) is 20.4 Å². The van der Waals surface area contributed by atoms with E-state index < -0.39 is 0 Å². The van der Waals surface area contributed by atoms with E-state index in [0.29, 0.717) is 37.2 Å². The average molecular weight is 425 g/mol. The number of rotatable bonds is 8. The molecule has 1 aliphatic heterocycles. The molecule has 4 rings (SSSR count). The van der Waals surface area contributed by atoms with Gasteiger partial charge in [-0.2, -0.15) is 11.3 Å². The molecular formula is C23H28N4O2S. The second-order valence-corrected chi connectivity index (χ2v) is 8.70. The van der Waals surface area contributed by atoms with Gasteiger partial charge in [-0.3, -0.25) is 9.69 Å². The lowest BCUT2D eigenvalue weighted by Gasteiger charge is -2.33. The number of aromatic nitrogens is 2. The first-order valence-electron chi connectivity index (χ1n) is 10.6. The van der Waals surface area contributed by atoms with Crippen LogP contribution in [-0.4, -0.2) is 33.6 Å². The Labute approximate surface area is 181 Å². The van der Waals surface area contributed by atoms with E-state index in [9.17, 15) is 4.79 Å². The van der Waals surface area contributed by atoms with Crippen LogP contribution in [0, 0.1) is 0 Å². The van der Waals surface area contributed by atoms with Gasteiger partial charge in [0.15, 0.2) is 0 Å². The van der Waals surface area contributed by atoms with Gasteiger partial charge < -0.3 is 9.73 Å². The van der Waals surface area contributed by atoms with E-state index in [0.717, 1.165) is 17.7 Å². The molecule has 1 aliphatic rings. The zero-order valence-electron chi connectivity index (χ0n) is 17.3. The molecule has 0 aliphatic carbocycles. The van der Waals surface area contributed by atoms with Crippen molar-refractivity contribution in [2.24, 2.45) is 0 Å². The van der Waals surface area contributed by atoms with Gasteiger partial charge in [0.2, 0.25) is 17.7 Å². The molecule has 3 heterocycles. The van der Waals surface area contributed by atoms with Crippen molar-refractivity contribution in [3.8, 4) is 11.5 Å². The van der Waals surface area contributed by atoms with Crippen LogP contribution >= 0.6 is 11.3 Å². The van der Waals surface area contributed by atoms with Gasteiger partial charge in [0.25, 0.3) is 0 Å². The van der Waals surface area contributed by atoms with Crippen molar-refractivity contribution in [3.63, 3.8) is 0 Å². The number of hydrogen-bond donors (Lipinski definition) is 1. The van der Waals surface area contributed by atoms with E-state index in [1.165, 1.54) is 31.4 Å². The van der Waals surface area contributed by atoms with Crippen molar-refractivity contribution in [2.45, 2.75) is 58.2 Å². The molecule has 0 bridgehead atoms. The van der Waals surface area contributed by atoms with Crippen LogP contribution in [0.1, 0.15) is 49.6 Å². The van der Waals surface area contributed by atoms with Gasteiger partial charge in [-0.15, -0.1) is 10.2 Å². The summed E-state index contributed by atoms with van der Waals surface area (Å²) in [6.07, 6.45) is 4.71. The van der Waals surface area contributed by atoms with Gasteiger partial charge in [-0.05, 0) is 48.9 Å². The van der Waals surface area contributed by atoms with Crippen molar-refractivity contribution >= 4 is 17.2 Å². The highest BCUT2D eigenvalue weighted by Gasteiger charge is 2.18. The van der Waals surface area contributed by atoms with Crippen LogP contribution in [0.4, 0.5) is 0 Å². The number of aryl methyl sites for hydroxylation is 1. The minimum absolute atomic E-state index is 0.0171. The fourth-order valence-electron chi connectivity index (χ4n) is 3.76. The molecule has 158 valence electrons. The summed E-state index contributed by atoms with van der Waals surface area (Å²) in [7, 11) is 0. The summed E-state index contributed by atoms with van der Waals surface area (Å²) in [6.45, 7) is 5.04. The lowest BCUT2D eigenvalue weighted by Crippen LogP contribution is -2.36. The van der Waals surface area contributed by atoms with Crippen LogP contribution < -0.4 is 5.32 Å². The lowest BCUT2D eigenvalue weighted by molar-refractivity contribution is -0.121. The largest absolute Gasteiger partial charge is 0.421 e. The number of piperidine rings is 1. The van der Waals surface area contributed by atoms with E-state index in [-0.39, 0.29) is 5.91 Å². The molecule has 1 N–H and O–H groups in total. The van der Waals surface area contributed by atoms with Crippen molar-refractivity contribution < 1.29 is 9.21 Å². The van der Waals surface area contributed by atoms with Gasteiger partial charge >= 0.3 is 0 Å². The Morgan fingerprint density at radius 3 is 2.80 bits per heavy atom. The van der Waals surface area contributed by atoms with E-state index >= 15 is 0 Å². The molecule has 30 heavy (non-hydrogen) atoms. The van der Waals surface area contributed by atoms with E-state index in [2.05, 4.69) is 51.6 Å². The molecule has 1 aromatic carbocycles. The van der Waals surface area contributed by atoms with Crippen LogP contribution in [-0.2, 0) is 24.3 Å². The highest BCUT2D eigenvalue weighted by molar-refractivity contribution is 7.08. The summed E-state index contributed by atoms with van der Waals surface area (Å²) in [6, 6.07) is 11.2. The first kappa shape index (κ1) is 20.8. The molecule has 0 radical (unpaired) electrons. The number of carbonyl (C=O) groups excluding carboxylic acids is 1. The topological polar surface area (TPSA) is 71.3 Å². The number of thiophene rings is 1. The minimum atomic E-state index is -0.0171. The summed E-state index contributed by atoms with van der Waals surface area (Å²) < 4.78 is 5.62. The van der Waals surface area contributed by atoms with Crippen molar-refractivity contribution in [1.29, 1.82) is 0 Å². The number of nitrogens with zero attached hydrogens (tertiary/aromatic N) is 3. The van der Waals surface area contributed by atoms with Gasteiger partial charge in [-0.25, -0.2) is 0 Å². The molecule has 7 heteroatoms. The Balaban J connectivity index is 1.20. The molecule has 1 fully saturated rings. The zero-order chi connectivity index (χ0) is 20.8.